The van der Waals surface area contributed by atoms with Crippen molar-refractivity contribution in [3.8, 4) is 17.2 Å². The molecule has 0 aromatic heterocycles. The van der Waals surface area contributed by atoms with E-state index in [-0.39, 0.29) is 17.4 Å². The first-order chi connectivity index (χ1) is 16.0. The van der Waals surface area contributed by atoms with Gasteiger partial charge in [0.2, 0.25) is 5.91 Å². The highest BCUT2D eigenvalue weighted by Crippen LogP contribution is 2.48. The summed E-state index contributed by atoms with van der Waals surface area (Å²) >= 11 is 0. The average Bonchev–Trinajstić information content (AvgIpc) is 3.36. The summed E-state index contributed by atoms with van der Waals surface area (Å²) < 4.78 is 10.5. The maximum absolute atomic E-state index is 13.6. The van der Waals surface area contributed by atoms with Crippen molar-refractivity contribution in [3.63, 3.8) is 0 Å². The van der Waals surface area contributed by atoms with E-state index in [4.69, 9.17) is 14.3 Å². The van der Waals surface area contributed by atoms with Crippen LogP contribution >= 0.6 is 0 Å². The summed E-state index contributed by atoms with van der Waals surface area (Å²) in [6.45, 7) is 0. The molecule has 5 rings (SSSR count). The van der Waals surface area contributed by atoms with E-state index in [1.54, 1.807) is 48.6 Å². The predicted octanol–water partition coefficient (Wildman–Crippen LogP) is 3.46. The first kappa shape index (κ1) is 20.8. The monoisotopic (exact) mass is 446 g/mol. The maximum atomic E-state index is 13.6. The van der Waals surface area contributed by atoms with Crippen LogP contribution in [0.5, 0.6) is 17.2 Å². The number of anilines is 2. The van der Waals surface area contributed by atoms with E-state index in [9.17, 15) is 14.7 Å². The number of carbonyl (C=O) groups is 2. The van der Waals surface area contributed by atoms with Crippen LogP contribution in [0.4, 0.5) is 11.4 Å². The molecular formula is C25H22N2O6. The number of benzene rings is 3. The van der Waals surface area contributed by atoms with Crippen LogP contribution < -0.4 is 19.4 Å². The number of nitrogens with zero attached hydrogens (tertiary/aromatic N) is 2. The topological polar surface area (TPSA) is 88.5 Å². The Labute approximate surface area is 190 Å². The van der Waals surface area contributed by atoms with Crippen LogP contribution in [0.2, 0.25) is 0 Å². The van der Waals surface area contributed by atoms with Crippen molar-refractivity contribution >= 4 is 23.2 Å². The molecule has 2 saturated heterocycles. The maximum Gasteiger partial charge on any atom is 0.266 e. The van der Waals surface area contributed by atoms with E-state index >= 15 is 0 Å². The lowest BCUT2D eigenvalue weighted by atomic mass is 9.90. The molecule has 3 aromatic rings. The Morgan fingerprint density at radius 1 is 0.848 bits per heavy atom. The van der Waals surface area contributed by atoms with Crippen LogP contribution in [0.25, 0.3) is 0 Å². The smallest absolute Gasteiger partial charge is 0.266 e. The second kappa shape index (κ2) is 8.14. The van der Waals surface area contributed by atoms with Gasteiger partial charge in [0.05, 0.1) is 31.6 Å². The van der Waals surface area contributed by atoms with Gasteiger partial charge in [-0.2, -0.15) is 0 Å². The number of hydroxylamine groups is 1. The number of rotatable bonds is 5. The number of imide groups is 1. The Morgan fingerprint density at radius 3 is 2.24 bits per heavy atom. The fourth-order valence-corrected chi connectivity index (χ4v) is 4.42. The van der Waals surface area contributed by atoms with Gasteiger partial charge in [-0.3, -0.25) is 14.4 Å². The largest absolute Gasteiger partial charge is 0.504 e. The van der Waals surface area contributed by atoms with E-state index in [1.165, 1.54) is 18.1 Å². The van der Waals surface area contributed by atoms with Gasteiger partial charge in [-0.25, -0.2) is 9.96 Å². The Balaban J connectivity index is 1.58. The molecule has 0 spiro atoms. The minimum absolute atomic E-state index is 0.0170. The van der Waals surface area contributed by atoms with E-state index < -0.39 is 24.0 Å². The normalized spacial score (nSPS) is 21.9. The Bertz CT molecular complexity index is 1200. The van der Waals surface area contributed by atoms with Gasteiger partial charge in [-0.1, -0.05) is 24.3 Å². The zero-order valence-corrected chi connectivity index (χ0v) is 18.0. The molecule has 0 aliphatic carbocycles. The van der Waals surface area contributed by atoms with Crippen molar-refractivity contribution in [1.29, 1.82) is 0 Å². The fraction of sp³-hybridized carbons (Fsp3) is 0.200. The average molecular weight is 446 g/mol. The van der Waals surface area contributed by atoms with E-state index in [2.05, 4.69) is 0 Å². The number of fused-ring (bicyclic) bond motifs is 1. The highest BCUT2D eigenvalue weighted by atomic mass is 16.7. The fourth-order valence-electron chi connectivity index (χ4n) is 4.42. The molecule has 8 heteroatoms. The van der Waals surface area contributed by atoms with Crippen LogP contribution in [0, 0.1) is 5.92 Å². The van der Waals surface area contributed by atoms with Crippen molar-refractivity contribution < 1.29 is 29.0 Å². The molecule has 2 fully saturated rings. The van der Waals surface area contributed by atoms with Crippen molar-refractivity contribution in [3.05, 3.63) is 78.4 Å². The van der Waals surface area contributed by atoms with Crippen LogP contribution in [0.1, 0.15) is 11.6 Å². The molecule has 2 heterocycles. The van der Waals surface area contributed by atoms with E-state index in [0.717, 1.165) is 0 Å². The molecule has 0 unspecified atom stereocenters. The molecule has 3 aromatic carbocycles. The number of hydrogen-bond acceptors (Lipinski definition) is 7. The summed E-state index contributed by atoms with van der Waals surface area (Å²) in [4.78, 5) is 34.2. The number of hydrogen-bond donors (Lipinski definition) is 1. The van der Waals surface area contributed by atoms with Gasteiger partial charge in [0.25, 0.3) is 5.91 Å². The quantitative estimate of drug-likeness (QED) is 0.601. The third-order valence-electron chi connectivity index (χ3n) is 6.00. The standard InChI is InChI=1S/C25H22N2O6/c1-31-18-11-9-16(10-12-18)26-24(29)21-22(15-8-13-19(28)20(14-15)32-2)27(33-23(21)25(26)30)17-6-4-3-5-7-17/h3-14,21-23,28H,1-2H3/t21-,22+,23+/m0/s1. The van der Waals surface area contributed by atoms with Gasteiger partial charge in [0, 0.05) is 0 Å². The molecule has 2 aliphatic heterocycles. The minimum atomic E-state index is -0.982. The van der Waals surface area contributed by atoms with Gasteiger partial charge < -0.3 is 14.6 Å². The van der Waals surface area contributed by atoms with E-state index in [0.29, 0.717) is 22.7 Å². The Kier molecular flexibility index (Phi) is 5.14. The summed E-state index contributed by atoms with van der Waals surface area (Å²) in [5, 5.41) is 11.7. The molecule has 0 radical (unpaired) electrons. The molecule has 2 aliphatic rings. The Morgan fingerprint density at radius 2 is 1.58 bits per heavy atom. The van der Waals surface area contributed by atoms with Gasteiger partial charge in [-0.15, -0.1) is 0 Å². The molecule has 33 heavy (non-hydrogen) atoms. The third kappa shape index (κ3) is 3.35. The highest BCUT2D eigenvalue weighted by Gasteiger charge is 2.60. The van der Waals surface area contributed by atoms with Crippen molar-refractivity contribution in [2.75, 3.05) is 24.2 Å². The minimum Gasteiger partial charge on any atom is -0.504 e. The van der Waals surface area contributed by atoms with Crippen LogP contribution in [0.3, 0.4) is 0 Å². The first-order valence-electron chi connectivity index (χ1n) is 10.4. The molecule has 0 bridgehead atoms. The van der Waals surface area contributed by atoms with Crippen molar-refractivity contribution in [1.82, 2.24) is 0 Å². The van der Waals surface area contributed by atoms with Gasteiger partial charge in [0.1, 0.15) is 11.7 Å². The lowest BCUT2D eigenvalue weighted by molar-refractivity contribution is -0.126. The second-order valence-electron chi connectivity index (χ2n) is 7.80. The number of phenols is 1. The number of amides is 2. The summed E-state index contributed by atoms with van der Waals surface area (Å²) in [5.41, 5.74) is 1.84. The van der Waals surface area contributed by atoms with Gasteiger partial charge in [-0.05, 0) is 54.1 Å². The molecule has 3 atom stereocenters. The molecule has 0 saturated carbocycles. The molecule has 2 amide bonds. The second-order valence-corrected chi connectivity index (χ2v) is 7.80. The molecule has 8 nitrogen and oxygen atoms in total. The number of methoxy groups -OCH3 is 2. The first-order valence-corrected chi connectivity index (χ1v) is 10.4. The lowest BCUT2D eigenvalue weighted by Gasteiger charge is -2.29. The Hall–Kier alpha value is -4.04. The number of ether oxygens (including phenoxy) is 2. The zero-order valence-electron chi connectivity index (χ0n) is 18.0. The van der Waals surface area contributed by atoms with E-state index in [1.807, 2.05) is 30.3 Å². The van der Waals surface area contributed by atoms with Gasteiger partial charge >= 0.3 is 0 Å². The lowest BCUT2D eigenvalue weighted by Crippen LogP contribution is -2.37. The summed E-state index contributed by atoms with van der Waals surface area (Å²) in [6.07, 6.45) is -0.982. The number of phenolic OH excluding ortho intramolecular Hbond substituents is 1. The number of aromatic hydroxyl groups is 1. The predicted molar refractivity (Wildman–Crippen MR) is 120 cm³/mol. The molecule has 168 valence electrons. The van der Waals surface area contributed by atoms with Crippen molar-refractivity contribution in [2.45, 2.75) is 12.1 Å². The summed E-state index contributed by atoms with van der Waals surface area (Å²) in [5.74, 6) is -0.688. The summed E-state index contributed by atoms with van der Waals surface area (Å²) in [6, 6.07) is 20.3. The third-order valence-corrected chi connectivity index (χ3v) is 6.00. The van der Waals surface area contributed by atoms with Crippen LogP contribution in [-0.4, -0.2) is 37.2 Å². The molecular weight excluding hydrogens is 424 g/mol. The summed E-state index contributed by atoms with van der Waals surface area (Å²) in [7, 11) is 3.01. The zero-order chi connectivity index (χ0) is 23.1. The number of carbonyl (C=O) groups excluding carboxylic acids is 2. The molecule has 1 N–H and O–H groups in total. The van der Waals surface area contributed by atoms with Crippen molar-refractivity contribution in [2.24, 2.45) is 5.92 Å². The number of para-hydroxylation sites is 1. The van der Waals surface area contributed by atoms with Crippen LogP contribution in [-0.2, 0) is 14.4 Å². The highest BCUT2D eigenvalue weighted by molar-refractivity contribution is 6.23. The van der Waals surface area contributed by atoms with Gasteiger partial charge in [0.15, 0.2) is 17.6 Å². The SMILES string of the molecule is COc1ccc(N2C(=O)[C@H]3[C@@H](c4ccc(O)c(OC)c4)N(c4ccccc4)O[C@H]3C2=O)cc1. The van der Waals surface area contributed by atoms with Crippen LogP contribution in [0.15, 0.2) is 72.8 Å².